The smallest absolute Gasteiger partial charge is 0.129 e. The summed E-state index contributed by atoms with van der Waals surface area (Å²) in [6.07, 6.45) is 2.49. The van der Waals surface area contributed by atoms with E-state index in [-0.39, 0.29) is 12.4 Å². The number of benzene rings is 2. The Morgan fingerprint density at radius 1 is 1.13 bits per heavy atom. The van der Waals surface area contributed by atoms with Gasteiger partial charge in [0.2, 0.25) is 0 Å². The third kappa shape index (κ3) is 4.72. The summed E-state index contributed by atoms with van der Waals surface area (Å²) in [5.41, 5.74) is 3.07. The van der Waals surface area contributed by atoms with Crippen LogP contribution in [-0.2, 0) is 13.1 Å². The van der Waals surface area contributed by atoms with Gasteiger partial charge in [0.15, 0.2) is 0 Å². The van der Waals surface area contributed by atoms with Gasteiger partial charge in [0.1, 0.15) is 17.2 Å². The number of hydrogen-bond donors (Lipinski definition) is 1. The molecule has 2 aromatic carbocycles. The number of rotatable bonds is 8. The Labute approximate surface area is 181 Å². The first-order valence-corrected chi connectivity index (χ1v) is 10.9. The van der Waals surface area contributed by atoms with Gasteiger partial charge < -0.3 is 5.32 Å². The van der Waals surface area contributed by atoms with Crippen molar-refractivity contribution >= 4 is 11.6 Å². The number of nitrogens with one attached hydrogen (secondary N) is 1. The summed E-state index contributed by atoms with van der Waals surface area (Å²) < 4.78 is 14.2. The normalized spacial score (nSPS) is 17.0. The summed E-state index contributed by atoms with van der Waals surface area (Å²) in [5, 5.41) is 13.3. The zero-order chi connectivity index (χ0) is 20.9. The zero-order valence-electron chi connectivity index (χ0n) is 17.2. The highest BCUT2D eigenvalue weighted by molar-refractivity contribution is 6.31. The van der Waals surface area contributed by atoms with Crippen LogP contribution in [0.4, 0.5) is 4.39 Å². The van der Waals surface area contributed by atoms with E-state index in [0.717, 1.165) is 30.0 Å². The molecule has 0 bridgehead atoms. The Morgan fingerprint density at radius 3 is 2.73 bits per heavy atom. The summed E-state index contributed by atoms with van der Waals surface area (Å²) >= 11 is 6.20. The highest BCUT2D eigenvalue weighted by Gasteiger charge is 2.23. The monoisotopic (exact) mass is 427 g/mol. The van der Waals surface area contributed by atoms with Crippen molar-refractivity contribution in [2.45, 2.75) is 38.9 Å². The van der Waals surface area contributed by atoms with E-state index < -0.39 is 0 Å². The van der Waals surface area contributed by atoms with Gasteiger partial charge in [-0.2, -0.15) is 15.0 Å². The fourth-order valence-electron chi connectivity index (χ4n) is 4.12. The number of likely N-dealkylation sites (tertiary alicyclic amines) is 1. The molecule has 0 amide bonds. The van der Waals surface area contributed by atoms with Crippen LogP contribution in [0.1, 0.15) is 31.0 Å². The van der Waals surface area contributed by atoms with Crippen molar-refractivity contribution in [2.75, 3.05) is 19.6 Å². The Hall–Kier alpha value is -2.28. The lowest BCUT2D eigenvalue weighted by atomic mass is 10.1. The van der Waals surface area contributed by atoms with Crippen LogP contribution in [0.3, 0.4) is 0 Å². The molecule has 3 aromatic rings. The summed E-state index contributed by atoms with van der Waals surface area (Å²) in [6, 6.07) is 15.2. The summed E-state index contributed by atoms with van der Waals surface area (Å²) in [7, 11) is 0. The average molecular weight is 428 g/mol. The predicted molar refractivity (Wildman–Crippen MR) is 118 cm³/mol. The van der Waals surface area contributed by atoms with Crippen LogP contribution in [-0.4, -0.2) is 45.6 Å². The number of nitrogens with zero attached hydrogens (tertiary/aromatic N) is 4. The van der Waals surface area contributed by atoms with Crippen LogP contribution >= 0.6 is 11.6 Å². The molecule has 0 unspecified atom stereocenters. The van der Waals surface area contributed by atoms with E-state index in [4.69, 9.17) is 11.6 Å². The average Bonchev–Trinajstić information content (AvgIpc) is 3.38. The first kappa shape index (κ1) is 21.0. The number of hydrogen-bond acceptors (Lipinski definition) is 4. The molecule has 0 spiro atoms. The maximum Gasteiger partial charge on any atom is 0.129 e. The summed E-state index contributed by atoms with van der Waals surface area (Å²) in [5.74, 6) is -0.346. The molecule has 0 aliphatic carbocycles. The van der Waals surface area contributed by atoms with Crippen LogP contribution in [0, 0.1) is 5.82 Å². The fourth-order valence-corrected chi connectivity index (χ4v) is 4.34. The van der Waals surface area contributed by atoms with E-state index in [1.807, 2.05) is 30.3 Å². The lowest BCUT2D eigenvalue weighted by molar-refractivity contribution is 0.259. The standard InChI is InChI=1S/C23H27ClFN5/c1-2-29-13-7-10-18(29)14-26-15-22-23(17-8-4-3-5-9-17)28-30(27-22)16-19-20(24)11-6-12-21(19)25/h3-6,8-9,11-12,18,26H,2,7,10,13-16H2,1H3/t18-/m1/s1. The fraction of sp³-hybridized carbons (Fsp3) is 0.391. The minimum atomic E-state index is -0.346. The van der Waals surface area contributed by atoms with Crippen LogP contribution < -0.4 is 5.32 Å². The van der Waals surface area contributed by atoms with Gasteiger partial charge in [-0.25, -0.2) is 4.39 Å². The molecule has 1 aliphatic heterocycles. The number of halogens is 2. The molecule has 1 saturated heterocycles. The van der Waals surface area contributed by atoms with E-state index in [1.165, 1.54) is 30.2 Å². The van der Waals surface area contributed by atoms with Gasteiger partial charge in [-0.05, 0) is 38.1 Å². The van der Waals surface area contributed by atoms with Crippen LogP contribution in [0.5, 0.6) is 0 Å². The number of aromatic nitrogens is 3. The van der Waals surface area contributed by atoms with Crippen molar-refractivity contribution < 1.29 is 4.39 Å². The summed E-state index contributed by atoms with van der Waals surface area (Å²) in [4.78, 5) is 4.06. The molecular weight excluding hydrogens is 401 g/mol. The van der Waals surface area contributed by atoms with Crippen LogP contribution in [0.2, 0.25) is 5.02 Å². The molecule has 30 heavy (non-hydrogen) atoms. The lowest BCUT2D eigenvalue weighted by Gasteiger charge is -2.22. The zero-order valence-corrected chi connectivity index (χ0v) is 17.9. The predicted octanol–water partition coefficient (Wildman–Crippen LogP) is 4.36. The van der Waals surface area contributed by atoms with Crippen molar-refractivity contribution in [1.29, 1.82) is 0 Å². The second-order valence-corrected chi connectivity index (χ2v) is 8.05. The molecule has 1 atom stereocenters. The Bertz CT molecular complexity index is 955. The van der Waals surface area contributed by atoms with Gasteiger partial charge in [0.25, 0.3) is 0 Å². The molecule has 7 heteroatoms. The van der Waals surface area contributed by atoms with Crippen LogP contribution in [0.15, 0.2) is 48.5 Å². The van der Waals surface area contributed by atoms with Crippen molar-refractivity contribution in [3.8, 4) is 11.3 Å². The van der Waals surface area contributed by atoms with Crippen molar-refractivity contribution in [2.24, 2.45) is 0 Å². The third-order valence-corrected chi connectivity index (χ3v) is 6.07. The third-order valence-electron chi connectivity index (χ3n) is 5.71. The van der Waals surface area contributed by atoms with E-state index in [0.29, 0.717) is 23.2 Å². The molecule has 0 radical (unpaired) electrons. The van der Waals surface area contributed by atoms with Gasteiger partial charge in [0, 0.05) is 35.3 Å². The van der Waals surface area contributed by atoms with Crippen molar-refractivity contribution in [3.63, 3.8) is 0 Å². The minimum Gasteiger partial charge on any atom is -0.309 e. The first-order valence-electron chi connectivity index (χ1n) is 10.5. The molecule has 2 heterocycles. The molecule has 4 rings (SSSR count). The van der Waals surface area contributed by atoms with Gasteiger partial charge >= 0.3 is 0 Å². The second kappa shape index (κ2) is 9.69. The molecule has 158 valence electrons. The van der Waals surface area contributed by atoms with Crippen molar-refractivity contribution in [1.82, 2.24) is 25.2 Å². The van der Waals surface area contributed by atoms with E-state index in [9.17, 15) is 4.39 Å². The molecular formula is C23H27ClFN5. The largest absolute Gasteiger partial charge is 0.309 e. The van der Waals surface area contributed by atoms with E-state index in [2.05, 4.69) is 27.3 Å². The lowest BCUT2D eigenvalue weighted by Crippen LogP contribution is -2.37. The number of likely N-dealkylation sites (N-methyl/N-ethyl adjacent to an activating group) is 1. The minimum absolute atomic E-state index is 0.192. The van der Waals surface area contributed by atoms with E-state index >= 15 is 0 Å². The van der Waals surface area contributed by atoms with Gasteiger partial charge in [0.05, 0.1) is 6.54 Å². The molecule has 1 aromatic heterocycles. The van der Waals surface area contributed by atoms with Crippen LogP contribution in [0.25, 0.3) is 11.3 Å². The quantitative estimate of drug-likeness (QED) is 0.580. The Balaban J connectivity index is 1.54. The Morgan fingerprint density at radius 2 is 1.97 bits per heavy atom. The SMILES string of the molecule is CCN1CCC[C@@H]1CNCc1nn(Cc2c(F)cccc2Cl)nc1-c1ccccc1. The second-order valence-electron chi connectivity index (χ2n) is 7.65. The van der Waals surface area contributed by atoms with Gasteiger partial charge in [-0.15, -0.1) is 0 Å². The maximum atomic E-state index is 14.2. The summed E-state index contributed by atoms with van der Waals surface area (Å²) in [6.45, 7) is 6.21. The van der Waals surface area contributed by atoms with Crippen molar-refractivity contribution in [3.05, 3.63) is 70.6 Å². The van der Waals surface area contributed by atoms with Gasteiger partial charge in [-0.1, -0.05) is 54.9 Å². The Kier molecular flexibility index (Phi) is 6.77. The molecule has 1 N–H and O–H groups in total. The topological polar surface area (TPSA) is 46.0 Å². The molecule has 1 aliphatic rings. The highest BCUT2D eigenvalue weighted by atomic mass is 35.5. The first-order chi connectivity index (χ1) is 14.7. The molecule has 5 nitrogen and oxygen atoms in total. The highest BCUT2D eigenvalue weighted by Crippen LogP contribution is 2.23. The molecule has 1 fully saturated rings. The maximum absolute atomic E-state index is 14.2. The molecule has 0 saturated carbocycles. The van der Waals surface area contributed by atoms with Gasteiger partial charge in [-0.3, -0.25) is 4.90 Å². The van der Waals surface area contributed by atoms with E-state index in [1.54, 1.807) is 12.1 Å².